The maximum atomic E-state index is 6.62. The van der Waals surface area contributed by atoms with Crippen LogP contribution in [0.15, 0.2) is 168 Å². The van der Waals surface area contributed by atoms with Crippen molar-refractivity contribution in [2.24, 2.45) is 0 Å². The molecule has 1 nitrogen and oxygen atoms in total. The molecule has 0 spiro atoms. The molecular weight excluding hydrogens is 581 g/mol. The van der Waals surface area contributed by atoms with Gasteiger partial charge in [0.2, 0.25) is 0 Å². The zero-order valence-electron chi connectivity index (χ0n) is 26.5. The van der Waals surface area contributed by atoms with Crippen molar-refractivity contribution < 1.29 is 4.42 Å². The molecule has 0 radical (unpaired) electrons. The lowest BCUT2D eigenvalue weighted by Gasteiger charge is -2.18. The van der Waals surface area contributed by atoms with Crippen molar-refractivity contribution in [2.75, 3.05) is 0 Å². The third kappa shape index (κ3) is 3.85. The third-order valence-electron chi connectivity index (χ3n) is 10.2. The van der Waals surface area contributed by atoms with Crippen LogP contribution in [-0.2, 0) is 0 Å². The fourth-order valence-electron chi connectivity index (χ4n) is 8.18. The number of hydrogen-bond donors (Lipinski definition) is 0. The largest absolute Gasteiger partial charge is 0.456 e. The Balaban J connectivity index is 1.32. The van der Waals surface area contributed by atoms with E-state index in [4.69, 9.17) is 4.42 Å². The van der Waals surface area contributed by atoms with Crippen molar-refractivity contribution in [3.63, 3.8) is 0 Å². The summed E-state index contributed by atoms with van der Waals surface area (Å²) in [6.45, 7) is 2.24. The molecule has 0 atom stereocenters. The second kappa shape index (κ2) is 10.4. The second-order valence-corrected chi connectivity index (χ2v) is 12.8. The smallest absolute Gasteiger partial charge is 0.136 e. The zero-order valence-corrected chi connectivity index (χ0v) is 26.5. The van der Waals surface area contributed by atoms with Crippen LogP contribution in [0.5, 0.6) is 0 Å². The van der Waals surface area contributed by atoms with Crippen LogP contribution in [0.3, 0.4) is 0 Å². The third-order valence-corrected chi connectivity index (χ3v) is 10.2. The van der Waals surface area contributed by atoms with Gasteiger partial charge in [0.25, 0.3) is 0 Å². The number of furan rings is 1. The van der Waals surface area contributed by atoms with E-state index in [9.17, 15) is 0 Å². The standard InChI is InChI=1S/C47H30O/c1-29-32-16-5-7-18-34(32)45(35-19-8-6-17-33(29)35)31-26-27-42-41(28-31)47-40(24-13-25-43(47)48-42)46-38-22-11-9-20-36(38)44(30-14-3-2-4-15-30)37-21-10-12-23-39(37)46/h2-28H,1H3. The lowest BCUT2D eigenvalue weighted by Crippen LogP contribution is -1.91. The molecule has 1 heterocycles. The molecule has 0 bridgehead atoms. The second-order valence-electron chi connectivity index (χ2n) is 12.8. The highest BCUT2D eigenvalue weighted by Gasteiger charge is 2.21. The lowest BCUT2D eigenvalue weighted by molar-refractivity contribution is 0.669. The number of fused-ring (bicyclic) bond motifs is 7. The molecule has 0 N–H and O–H groups in total. The number of hydrogen-bond acceptors (Lipinski definition) is 1. The first kappa shape index (κ1) is 27.0. The highest BCUT2D eigenvalue weighted by molar-refractivity contribution is 6.26. The van der Waals surface area contributed by atoms with Crippen molar-refractivity contribution in [1.29, 1.82) is 0 Å². The summed E-state index contributed by atoms with van der Waals surface area (Å²) in [5.41, 5.74) is 10.5. The van der Waals surface area contributed by atoms with Gasteiger partial charge in [-0.25, -0.2) is 0 Å². The minimum Gasteiger partial charge on any atom is -0.456 e. The Morgan fingerprint density at radius 1 is 0.333 bits per heavy atom. The Morgan fingerprint density at radius 2 is 0.812 bits per heavy atom. The van der Waals surface area contributed by atoms with Crippen molar-refractivity contribution in [3.05, 3.63) is 169 Å². The van der Waals surface area contributed by atoms with Crippen LogP contribution in [0.2, 0.25) is 0 Å². The molecule has 48 heavy (non-hydrogen) atoms. The summed E-state index contributed by atoms with van der Waals surface area (Å²) >= 11 is 0. The lowest BCUT2D eigenvalue weighted by atomic mass is 9.84. The van der Waals surface area contributed by atoms with Gasteiger partial charge in [0.1, 0.15) is 11.2 Å². The molecule has 0 fully saturated rings. The zero-order chi connectivity index (χ0) is 31.8. The topological polar surface area (TPSA) is 13.1 Å². The monoisotopic (exact) mass is 610 g/mol. The molecule has 224 valence electrons. The molecule has 1 heteroatoms. The van der Waals surface area contributed by atoms with Gasteiger partial charge in [-0.1, -0.05) is 146 Å². The van der Waals surface area contributed by atoms with Crippen LogP contribution in [-0.4, -0.2) is 0 Å². The molecule has 0 amide bonds. The fraction of sp³-hybridized carbons (Fsp3) is 0.0213. The summed E-state index contributed by atoms with van der Waals surface area (Å²) in [6, 6.07) is 59.4. The van der Waals surface area contributed by atoms with Crippen molar-refractivity contribution in [3.8, 4) is 33.4 Å². The molecular formula is C47H30O. The van der Waals surface area contributed by atoms with E-state index in [-0.39, 0.29) is 0 Å². The van der Waals surface area contributed by atoms with Crippen LogP contribution in [0, 0.1) is 6.92 Å². The van der Waals surface area contributed by atoms with Gasteiger partial charge in [-0.3, -0.25) is 0 Å². The van der Waals surface area contributed by atoms with Crippen molar-refractivity contribution in [2.45, 2.75) is 6.92 Å². The molecule has 0 unspecified atom stereocenters. The van der Waals surface area contributed by atoms with E-state index >= 15 is 0 Å². The van der Waals surface area contributed by atoms with Gasteiger partial charge in [-0.15, -0.1) is 0 Å². The predicted molar refractivity (Wildman–Crippen MR) is 205 cm³/mol. The summed E-state index contributed by atoms with van der Waals surface area (Å²) in [6.07, 6.45) is 0. The minimum absolute atomic E-state index is 0.899. The Morgan fingerprint density at radius 3 is 1.40 bits per heavy atom. The minimum atomic E-state index is 0.899. The van der Waals surface area contributed by atoms with Gasteiger partial charge < -0.3 is 4.42 Å². The van der Waals surface area contributed by atoms with E-state index in [1.165, 1.54) is 82.0 Å². The average molecular weight is 611 g/mol. The van der Waals surface area contributed by atoms with Crippen LogP contribution in [0.25, 0.3) is 98.4 Å². The first-order valence-electron chi connectivity index (χ1n) is 16.6. The molecule has 10 rings (SSSR count). The first-order chi connectivity index (χ1) is 23.8. The average Bonchev–Trinajstić information content (AvgIpc) is 3.53. The molecule has 0 aliphatic heterocycles. The van der Waals surface area contributed by atoms with Gasteiger partial charge >= 0.3 is 0 Å². The van der Waals surface area contributed by atoms with E-state index in [2.05, 4.69) is 171 Å². The fourth-order valence-corrected chi connectivity index (χ4v) is 8.18. The molecule has 0 aliphatic carbocycles. The number of aryl methyl sites for hydroxylation is 1. The van der Waals surface area contributed by atoms with Crippen LogP contribution >= 0.6 is 0 Å². The van der Waals surface area contributed by atoms with Gasteiger partial charge in [0.15, 0.2) is 0 Å². The van der Waals surface area contributed by atoms with Gasteiger partial charge in [-0.05, 0) is 107 Å². The van der Waals surface area contributed by atoms with E-state index in [0.29, 0.717) is 0 Å². The molecule has 0 saturated heterocycles. The van der Waals surface area contributed by atoms with E-state index < -0.39 is 0 Å². The van der Waals surface area contributed by atoms with E-state index in [1.54, 1.807) is 0 Å². The van der Waals surface area contributed by atoms with Crippen molar-refractivity contribution >= 4 is 65.0 Å². The summed E-state index contributed by atoms with van der Waals surface area (Å²) in [4.78, 5) is 0. The number of benzene rings is 9. The molecule has 0 aliphatic rings. The molecule has 0 saturated carbocycles. The maximum absolute atomic E-state index is 6.62. The summed E-state index contributed by atoms with van der Waals surface area (Å²) in [7, 11) is 0. The Kier molecular flexibility index (Phi) is 5.86. The van der Waals surface area contributed by atoms with Crippen LogP contribution in [0.4, 0.5) is 0 Å². The number of rotatable bonds is 3. The van der Waals surface area contributed by atoms with Crippen LogP contribution < -0.4 is 0 Å². The Hall–Kier alpha value is -6.18. The van der Waals surface area contributed by atoms with E-state index in [1.807, 2.05) is 0 Å². The van der Waals surface area contributed by atoms with E-state index in [0.717, 1.165) is 21.9 Å². The van der Waals surface area contributed by atoms with Crippen molar-refractivity contribution in [1.82, 2.24) is 0 Å². The van der Waals surface area contributed by atoms with Gasteiger partial charge in [0, 0.05) is 10.8 Å². The Labute approximate surface area is 278 Å². The SMILES string of the molecule is Cc1c2ccccc2c(-c2ccc3oc4cccc(-c5c6ccccc6c(-c6ccccc6)c6ccccc56)c4c3c2)c2ccccc12. The summed E-state index contributed by atoms with van der Waals surface area (Å²) < 4.78 is 6.62. The quantitative estimate of drug-likeness (QED) is 0.181. The Bertz CT molecular complexity index is 2780. The molecule has 1 aromatic heterocycles. The predicted octanol–water partition coefficient (Wildman–Crippen LogP) is 13.5. The summed E-state index contributed by atoms with van der Waals surface area (Å²) in [5, 5.41) is 12.4. The maximum Gasteiger partial charge on any atom is 0.136 e. The summed E-state index contributed by atoms with van der Waals surface area (Å²) in [5.74, 6) is 0. The highest BCUT2D eigenvalue weighted by atomic mass is 16.3. The van der Waals surface area contributed by atoms with Crippen LogP contribution in [0.1, 0.15) is 5.56 Å². The van der Waals surface area contributed by atoms with Gasteiger partial charge in [0.05, 0.1) is 0 Å². The molecule has 9 aromatic carbocycles. The highest BCUT2D eigenvalue weighted by Crippen LogP contribution is 2.48. The first-order valence-corrected chi connectivity index (χ1v) is 16.6. The normalized spacial score (nSPS) is 11.9. The molecule has 10 aromatic rings. The van der Waals surface area contributed by atoms with Gasteiger partial charge in [-0.2, -0.15) is 0 Å².